The van der Waals surface area contributed by atoms with E-state index in [1.165, 1.54) is 40.3 Å². The van der Waals surface area contributed by atoms with Crippen molar-refractivity contribution in [3.05, 3.63) is 120 Å². The Balaban J connectivity index is 0.000000236. The maximum Gasteiger partial charge on any atom is 0.167 e. The predicted octanol–water partition coefficient (Wildman–Crippen LogP) is 10.0. The van der Waals surface area contributed by atoms with Crippen molar-refractivity contribution in [1.29, 1.82) is 0 Å². The Bertz CT molecular complexity index is 1550. The van der Waals surface area contributed by atoms with Gasteiger partial charge >= 0.3 is 0 Å². The van der Waals surface area contributed by atoms with E-state index in [0.717, 1.165) is 29.5 Å². The van der Waals surface area contributed by atoms with Gasteiger partial charge in [0.05, 0.1) is 5.70 Å². The molecule has 4 aromatic rings. The predicted molar refractivity (Wildman–Crippen MR) is 174 cm³/mol. The second-order valence-electron chi connectivity index (χ2n) is 9.37. The molecule has 0 aliphatic heterocycles. The van der Waals surface area contributed by atoms with Gasteiger partial charge in [0.15, 0.2) is 11.6 Å². The van der Waals surface area contributed by atoms with Crippen molar-refractivity contribution < 1.29 is 13.3 Å². The number of halogens is 2. The Hall–Kier alpha value is -4.10. The first-order valence-corrected chi connectivity index (χ1v) is 14.9. The first kappa shape index (κ1) is 32.4. The molecule has 7 heteroatoms. The van der Waals surface area contributed by atoms with Crippen LogP contribution >= 0.6 is 11.8 Å². The molecule has 0 saturated carbocycles. The lowest BCUT2D eigenvalue weighted by molar-refractivity contribution is 0.389. The molecule has 0 radical (unpaired) electrons. The van der Waals surface area contributed by atoms with Crippen LogP contribution in [0.2, 0.25) is 0 Å². The van der Waals surface area contributed by atoms with Crippen LogP contribution in [0.15, 0.2) is 116 Å². The minimum atomic E-state index is -0.894. The number of aliphatic imine (C=N–C) groups is 2. The van der Waals surface area contributed by atoms with E-state index in [4.69, 9.17) is 4.52 Å². The van der Waals surface area contributed by atoms with E-state index in [2.05, 4.69) is 84.1 Å². The van der Waals surface area contributed by atoms with Crippen molar-refractivity contribution in [1.82, 2.24) is 5.16 Å². The number of thioether (sulfide) groups is 1. The molecule has 0 saturated heterocycles. The number of allylic oxidation sites excluding steroid dienone is 2. The Morgan fingerprint density at radius 3 is 2.19 bits per heavy atom. The van der Waals surface area contributed by atoms with Crippen LogP contribution in [0.3, 0.4) is 0 Å². The van der Waals surface area contributed by atoms with Crippen LogP contribution < -0.4 is 0 Å². The topological polar surface area (TPSA) is 50.8 Å². The molecule has 0 aliphatic carbocycles. The molecule has 42 heavy (non-hydrogen) atoms. The highest BCUT2D eigenvalue weighted by atomic mass is 32.2. The van der Waals surface area contributed by atoms with Gasteiger partial charge in [-0.25, -0.2) is 8.78 Å². The molecule has 0 spiro atoms. The van der Waals surface area contributed by atoms with Crippen LogP contribution in [0.4, 0.5) is 8.78 Å². The fourth-order valence-corrected chi connectivity index (χ4v) is 4.75. The Morgan fingerprint density at radius 2 is 1.62 bits per heavy atom. The highest BCUT2D eigenvalue weighted by Gasteiger charge is 2.11. The van der Waals surface area contributed by atoms with E-state index < -0.39 is 11.6 Å². The summed E-state index contributed by atoms with van der Waals surface area (Å²) in [6, 6.07) is 23.3. The fourth-order valence-electron chi connectivity index (χ4n) is 3.98. The number of aryl methyl sites for hydroxylation is 1. The van der Waals surface area contributed by atoms with Gasteiger partial charge in [-0.05, 0) is 61.4 Å². The van der Waals surface area contributed by atoms with Gasteiger partial charge in [-0.3, -0.25) is 9.98 Å². The molecule has 218 valence electrons. The number of hydrogen-bond donors (Lipinski definition) is 0. The summed E-state index contributed by atoms with van der Waals surface area (Å²) in [5.41, 5.74) is 6.17. The molecule has 1 heterocycles. The minimum Gasteiger partial charge on any atom is -0.361 e. The third-order valence-electron chi connectivity index (χ3n) is 6.27. The first-order chi connectivity index (χ1) is 20.3. The number of aromatic nitrogens is 1. The SMILES string of the molecule is C=C(C=NC)/C(=C\C)N=C(C)c1cccc(F)c1F.CCCSc1ccc(-c2ccc(-c3cc(CC)on3)cc2)cc1. The molecule has 4 rings (SSSR count). The normalized spacial score (nSPS) is 11.9. The van der Waals surface area contributed by atoms with Gasteiger partial charge in [-0.1, -0.05) is 74.1 Å². The molecular weight excluding hydrogens is 548 g/mol. The highest BCUT2D eigenvalue weighted by Crippen LogP contribution is 2.27. The van der Waals surface area contributed by atoms with Gasteiger partial charge in [0.2, 0.25) is 0 Å². The lowest BCUT2D eigenvalue weighted by Gasteiger charge is -2.06. The minimum absolute atomic E-state index is 0.139. The summed E-state index contributed by atoms with van der Waals surface area (Å²) >= 11 is 1.91. The second kappa shape index (κ2) is 16.4. The molecule has 1 aromatic heterocycles. The zero-order valence-corrected chi connectivity index (χ0v) is 25.6. The summed E-state index contributed by atoms with van der Waals surface area (Å²) in [5.74, 6) is 0.312. The summed E-state index contributed by atoms with van der Waals surface area (Å²) < 4.78 is 32.1. The van der Waals surface area contributed by atoms with Crippen molar-refractivity contribution in [3.63, 3.8) is 0 Å². The van der Waals surface area contributed by atoms with Gasteiger partial charge in [0, 0.05) is 53.1 Å². The van der Waals surface area contributed by atoms with Crippen LogP contribution in [-0.4, -0.2) is 29.9 Å². The quantitative estimate of drug-likeness (QED) is 0.106. The maximum atomic E-state index is 13.6. The zero-order chi connectivity index (χ0) is 30.5. The molecule has 0 aliphatic rings. The maximum absolute atomic E-state index is 13.6. The summed E-state index contributed by atoms with van der Waals surface area (Å²) in [4.78, 5) is 9.45. The summed E-state index contributed by atoms with van der Waals surface area (Å²) in [6.07, 6.45) is 5.38. The van der Waals surface area contributed by atoms with Gasteiger partial charge in [0.1, 0.15) is 11.5 Å². The van der Waals surface area contributed by atoms with Gasteiger partial charge in [-0.2, -0.15) is 0 Å². The average molecular weight is 586 g/mol. The number of rotatable bonds is 10. The van der Waals surface area contributed by atoms with Crippen molar-refractivity contribution in [2.75, 3.05) is 12.8 Å². The van der Waals surface area contributed by atoms with E-state index in [0.29, 0.717) is 17.0 Å². The number of nitrogens with zero attached hydrogens (tertiary/aromatic N) is 3. The lowest BCUT2D eigenvalue weighted by atomic mass is 10.0. The zero-order valence-electron chi connectivity index (χ0n) is 24.8. The summed E-state index contributed by atoms with van der Waals surface area (Å²) in [7, 11) is 1.63. The molecule has 0 bridgehead atoms. The first-order valence-electron chi connectivity index (χ1n) is 13.9. The van der Waals surface area contributed by atoms with Crippen LogP contribution in [0.5, 0.6) is 0 Å². The van der Waals surface area contributed by atoms with Gasteiger partial charge in [0.25, 0.3) is 0 Å². The van der Waals surface area contributed by atoms with E-state index in [1.807, 2.05) is 17.8 Å². The van der Waals surface area contributed by atoms with E-state index in [-0.39, 0.29) is 5.56 Å². The van der Waals surface area contributed by atoms with Crippen molar-refractivity contribution in [2.45, 2.75) is 45.4 Å². The molecule has 3 aromatic carbocycles. The van der Waals surface area contributed by atoms with Gasteiger partial charge < -0.3 is 4.52 Å². The molecular formula is C35H37F2N3OS. The lowest BCUT2D eigenvalue weighted by Crippen LogP contribution is -2.02. The largest absolute Gasteiger partial charge is 0.361 e. The smallest absolute Gasteiger partial charge is 0.167 e. The van der Waals surface area contributed by atoms with Crippen LogP contribution in [0.25, 0.3) is 22.4 Å². The average Bonchev–Trinajstić information content (AvgIpc) is 3.50. The number of hydrogen-bond acceptors (Lipinski definition) is 5. The molecule has 0 unspecified atom stereocenters. The Kier molecular flexibility index (Phi) is 12.6. The van der Waals surface area contributed by atoms with E-state index in [9.17, 15) is 8.78 Å². The highest BCUT2D eigenvalue weighted by molar-refractivity contribution is 7.99. The van der Waals surface area contributed by atoms with Crippen LogP contribution in [0.1, 0.15) is 45.4 Å². The molecule has 0 atom stereocenters. The Labute approximate surface area is 252 Å². The van der Waals surface area contributed by atoms with Crippen molar-refractivity contribution >= 4 is 23.7 Å². The van der Waals surface area contributed by atoms with Crippen LogP contribution in [-0.2, 0) is 6.42 Å². The van der Waals surface area contributed by atoms with E-state index in [1.54, 1.807) is 33.2 Å². The third-order valence-corrected chi connectivity index (χ3v) is 7.48. The molecule has 4 nitrogen and oxygen atoms in total. The standard InChI is InChI=1S/C20H21NOS.C15H16F2N2/c1-3-13-23-19-11-9-16(10-12-19)15-5-7-17(8-6-15)20-14-18(4-2)22-21-20;1-5-14(10(2)9-18-4)19-11(3)12-7-6-8-13(16)15(12)17/h5-12,14H,3-4,13H2,1-2H3;5-9H,2H2,1,3-4H3/b;14-5+,18-9?,19-11?. The van der Waals surface area contributed by atoms with E-state index >= 15 is 0 Å². The molecule has 0 amide bonds. The summed E-state index contributed by atoms with van der Waals surface area (Å²) in [5, 5.41) is 4.12. The van der Waals surface area contributed by atoms with Crippen LogP contribution in [0, 0.1) is 11.6 Å². The van der Waals surface area contributed by atoms with Crippen molar-refractivity contribution in [2.24, 2.45) is 9.98 Å². The van der Waals surface area contributed by atoms with Gasteiger partial charge in [-0.15, -0.1) is 11.8 Å². The fraction of sp³-hybridized carbons (Fsp3) is 0.229. The number of benzene rings is 3. The monoisotopic (exact) mass is 585 g/mol. The second-order valence-corrected chi connectivity index (χ2v) is 10.5. The van der Waals surface area contributed by atoms with Crippen molar-refractivity contribution in [3.8, 4) is 22.4 Å². The molecule has 0 N–H and O–H groups in total. The summed E-state index contributed by atoms with van der Waals surface area (Å²) in [6.45, 7) is 11.5. The third kappa shape index (κ3) is 8.95. The Morgan fingerprint density at radius 1 is 0.976 bits per heavy atom. The molecule has 0 fully saturated rings.